The van der Waals surface area contributed by atoms with Crippen molar-refractivity contribution in [3.8, 4) is 22.3 Å². The number of hydrogen-bond donors (Lipinski definition) is 3. The molecule has 168 valence electrons. The predicted octanol–water partition coefficient (Wildman–Crippen LogP) is 4.10. The maximum absolute atomic E-state index is 13.8. The van der Waals surface area contributed by atoms with Crippen LogP contribution in [0.4, 0.5) is 10.1 Å². The van der Waals surface area contributed by atoms with Crippen molar-refractivity contribution in [2.45, 2.75) is 6.73 Å². The first-order chi connectivity index (χ1) is 15.7. The molecule has 0 saturated heterocycles. The van der Waals surface area contributed by atoms with Gasteiger partial charge in [-0.05, 0) is 41.5 Å². The van der Waals surface area contributed by atoms with Crippen molar-refractivity contribution in [2.75, 3.05) is 5.32 Å². The molecule has 11 heteroatoms. The van der Waals surface area contributed by atoms with Crippen molar-refractivity contribution in [3.63, 3.8) is 0 Å². The van der Waals surface area contributed by atoms with Gasteiger partial charge in [0.2, 0.25) is 11.9 Å². The van der Waals surface area contributed by atoms with Gasteiger partial charge in [0.05, 0.1) is 0 Å². The predicted molar refractivity (Wildman–Crippen MR) is 120 cm³/mol. The molecule has 0 saturated carbocycles. The number of phosphoric ester groups is 1. The summed E-state index contributed by atoms with van der Waals surface area (Å²) in [5, 5.41) is 3.30. The highest BCUT2D eigenvalue weighted by molar-refractivity contribution is 7.46. The quantitative estimate of drug-likeness (QED) is 0.212. The number of rotatable bonds is 7. The molecule has 0 radical (unpaired) electrons. The van der Waals surface area contributed by atoms with Crippen LogP contribution >= 0.6 is 7.82 Å². The first-order valence-corrected chi connectivity index (χ1v) is 11.1. The van der Waals surface area contributed by atoms with E-state index >= 15 is 0 Å². The molecule has 9 nitrogen and oxygen atoms in total. The Morgan fingerprint density at radius 2 is 2.00 bits per heavy atom. The Kier molecular flexibility index (Phi) is 6.17. The fraction of sp³-hybridized carbons (Fsp3) is 0.0455. The number of anilines is 1. The number of halogens is 1. The number of hydrogen-bond acceptors (Lipinski definition) is 5. The molecule has 1 aromatic carbocycles. The van der Waals surface area contributed by atoms with E-state index < -0.39 is 20.5 Å². The number of fused-ring (bicyclic) bond motifs is 1. The fourth-order valence-electron chi connectivity index (χ4n) is 3.33. The summed E-state index contributed by atoms with van der Waals surface area (Å²) >= 11 is 0. The van der Waals surface area contributed by atoms with Crippen LogP contribution in [0.2, 0.25) is 0 Å². The molecule has 0 aliphatic rings. The van der Waals surface area contributed by atoms with E-state index in [1.807, 2.05) is 12.1 Å². The van der Waals surface area contributed by atoms with Crippen LogP contribution in [0.15, 0.2) is 73.7 Å². The van der Waals surface area contributed by atoms with Crippen LogP contribution in [0.5, 0.6) is 0 Å². The van der Waals surface area contributed by atoms with Crippen molar-refractivity contribution >= 4 is 30.5 Å². The summed E-state index contributed by atoms with van der Waals surface area (Å²) in [6.07, 6.45) is 5.65. The van der Waals surface area contributed by atoms with E-state index in [1.165, 1.54) is 22.9 Å². The maximum atomic E-state index is 13.8. The first kappa shape index (κ1) is 22.5. The normalized spacial score (nSPS) is 11.5. The summed E-state index contributed by atoms with van der Waals surface area (Å²) in [5.41, 5.74) is 3.51. The van der Waals surface area contributed by atoms with Gasteiger partial charge in [0.1, 0.15) is 12.4 Å². The van der Waals surface area contributed by atoms with Gasteiger partial charge in [-0.15, -0.1) is 0 Å². The number of nitrogens with one attached hydrogen (secondary N) is 1. The molecule has 0 aliphatic heterocycles. The van der Waals surface area contributed by atoms with Crippen LogP contribution in [-0.4, -0.2) is 30.2 Å². The Morgan fingerprint density at radius 1 is 1.18 bits per heavy atom. The third kappa shape index (κ3) is 5.21. The number of amides is 1. The van der Waals surface area contributed by atoms with Crippen LogP contribution in [0.3, 0.4) is 0 Å². The van der Waals surface area contributed by atoms with Gasteiger partial charge in [-0.1, -0.05) is 18.7 Å². The fourth-order valence-corrected chi connectivity index (χ4v) is 3.61. The summed E-state index contributed by atoms with van der Waals surface area (Å²) in [6, 6.07) is 11.8. The van der Waals surface area contributed by atoms with Gasteiger partial charge in [0.15, 0.2) is 0 Å². The summed E-state index contributed by atoms with van der Waals surface area (Å²) in [6.45, 7) is 2.98. The van der Waals surface area contributed by atoms with Gasteiger partial charge in [-0.25, -0.2) is 14.5 Å². The van der Waals surface area contributed by atoms with E-state index in [1.54, 1.807) is 36.7 Å². The zero-order chi connectivity index (χ0) is 23.6. The molecule has 3 heterocycles. The summed E-state index contributed by atoms with van der Waals surface area (Å²) in [5.74, 6) is -1.01. The molecule has 4 aromatic rings. The van der Waals surface area contributed by atoms with Gasteiger partial charge in [0, 0.05) is 46.9 Å². The van der Waals surface area contributed by atoms with E-state index in [0.717, 1.165) is 5.56 Å². The number of nitrogens with zero attached hydrogens (tertiary/aromatic N) is 3. The minimum atomic E-state index is -4.72. The summed E-state index contributed by atoms with van der Waals surface area (Å²) < 4.78 is 31.0. The molecule has 0 fully saturated rings. The van der Waals surface area contributed by atoms with Gasteiger partial charge >= 0.3 is 7.82 Å². The summed E-state index contributed by atoms with van der Waals surface area (Å²) in [4.78, 5) is 37.8. The lowest BCUT2D eigenvalue weighted by molar-refractivity contribution is -0.111. The van der Waals surface area contributed by atoms with E-state index in [2.05, 4.69) is 26.4 Å². The minimum Gasteiger partial charge on any atom is -0.323 e. The summed E-state index contributed by atoms with van der Waals surface area (Å²) in [7, 11) is -4.72. The highest BCUT2D eigenvalue weighted by atomic mass is 31.2. The van der Waals surface area contributed by atoms with Gasteiger partial charge in [-0.2, -0.15) is 4.39 Å². The monoisotopic (exact) mass is 468 g/mol. The average Bonchev–Trinajstić information content (AvgIpc) is 3.15. The van der Waals surface area contributed by atoms with E-state index in [0.29, 0.717) is 33.4 Å². The molecule has 3 aromatic heterocycles. The lowest BCUT2D eigenvalue weighted by Crippen LogP contribution is -2.06. The number of phosphoric acid groups is 1. The van der Waals surface area contributed by atoms with E-state index in [4.69, 9.17) is 9.79 Å². The molecule has 0 spiro atoms. The molecule has 3 N–H and O–H groups in total. The Morgan fingerprint density at radius 3 is 2.73 bits per heavy atom. The second kappa shape index (κ2) is 9.05. The number of pyridine rings is 2. The van der Waals surface area contributed by atoms with Gasteiger partial charge in [0.25, 0.3) is 0 Å². The highest BCUT2D eigenvalue weighted by Crippen LogP contribution is 2.38. The van der Waals surface area contributed by atoms with Crippen molar-refractivity contribution in [1.29, 1.82) is 0 Å². The van der Waals surface area contributed by atoms with Crippen molar-refractivity contribution < 1.29 is 28.1 Å². The zero-order valence-corrected chi connectivity index (χ0v) is 17.9. The molecule has 0 atom stereocenters. The van der Waals surface area contributed by atoms with Crippen molar-refractivity contribution in [3.05, 3.63) is 79.7 Å². The zero-order valence-electron chi connectivity index (χ0n) is 17.1. The second-order valence-electron chi connectivity index (χ2n) is 7.00. The molecule has 0 aliphatic carbocycles. The number of carbonyl (C=O) groups excluding carboxylic acids is 1. The van der Waals surface area contributed by atoms with Crippen LogP contribution in [-0.2, 0) is 20.6 Å². The molecule has 4 rings (SSSR count). The van der Waals surface area contributed by atoms with Crippen molar-refractivity contribution in [2.24, 2.45) is 0 Å². The molecular weight excluding hydrogens is 450 g/mol. The molecular formula is C22H18FN4O5P. The van der Waals surface area contributed by atoms with Crippen LogP contribution < -0.4 is 5.32 Å². The van der Waals surface area contributed by atoms with Crippen molar-refractivity contribution in [1.82, 2.24) is 14.5 Å². The Hall–Kier alpha value is -3.69. The SMILES string of the molecule is C=CC(=O)Nc1cccc(-c2cnc3c(c2)c(-c2ccnc(F)c2)cn3COP(=O)(O)O)c1. The smallest absolute Gasteiger partial charge is 0.323 e. The number of benzene rings is 1. The van der Waals surface area contributed by atoms with Gasteiger partial charge < -0.3 is 19.7 Å². The average molecular weight is 468 g/mol. The third-order valence-electron chi connectivity index (χ3n) is 4.77. The maximum Gasteiger partial charge on any atom is 0.471 e. The van der Waals surface area contributed by atoms with Gasteiger partial charge in [-0.3, -0.25) is 9.32 Å². The lowest BCUT2D eigenvalue weighted by Gasteiger charge is -2.08. The van der Waals surface area contributed by atoms with E-state index in [-0.39, 0.29) is 5.91 Å². The Bertz CT molecular complexity index is 1420. The largest absolute Gasteiger partial charge is 0.471 e. The molecule has 33 heavy (non-hydrogen) atoms. The Labute approximate surface area is 187 Å². The molecule has 0 bridgehead atoms. The first-order valence-electron chi connectivity index (χ1n) is 9.58. The molecule has 0 unspecified atom stereocenters. The Balaban J connectivity index is 1.82. The third-order valence-corrected chi connectivity index (χ3v) is 5.22. The minimum absolute atomic E-state index is 0.343. The second-order valence-corrected chi connectivity index (χ2v) is 8.24. The standard InChI is InChI=1S/C22H18FN4O5P/c1-2-21(28)26-17-5-3-4-14(8-17)16-9-18-19(15-6-7-24-20(23)10-15)12-27(22(18)25-11-16)13-32-33(29,30)31/h2-12H,1,13H2,(H,26,28)(H2,29,30,31). The number of aromatic nitrogens is 3. The van der Waals surface area contributed by atoms with Crippen LogP contribution in [0.25, 0.3) is 33.3 Å². The highest BCUT2D eigenvalue weighted by Gasteiger charge is 2.18. The topological polar surface area (TPSA) is 127 Å². The number of carbonyl (C=O) groups is 1. The van der Waals surface area contributed by atoms with Crippen LogP contribution in [0, 0.1) is 5.95 Å². The lowest BCUT2D eigenvalue weighted by atomic mass is 10.0. The molecule has 1 amide bonds. The van der Waals surface area contributed by atoms with E-state index in [9.17, 15) is 13.8 Å². The van der Waals surface area contributed by atoms with Crippen LogP contribution in [0.1, 0.15) is 0 Å².